The van der Waals surface area contributed by atoms with Gasteiger partial charge in [0.2, 0.25) is 5.91 Å². The summed E-state index contributed by atoms with van der Waals surface area (Å²) in [6.45, 7) is 0. The van der Waals surface area contributed by atoms with Gasteiger partial charge >= 0.3 is 16.4 Å². The number of hydrogen-bond donors (Lipinski definition) is 4. The van der Waals surface area contributed by atoms with Gasteiger partial charge in [0, 0.05) is 11.8 Å². The van der Waals surface area contributed by atoms with Gasteiger partial charge in [-0.05, 0) is 41.8 Å². The van der Waals surface area contributed by atoms with Crippen LogP contribution < -0.4 is 15.4 Å². The van der Waals surface area contributed by atoms with Gasteiger partial charge in [-0.2, -0.15) is 8.42 Å². The van der Waals surface area contributed by atoms with Crippen LogP contribution in [0.1, 0.15) is 22.9 Å². The number of hydrogen-bond acceptors (Lipinski definition) is 8. The van der Waals surface area contributed by atoms with E-state index >= 15 is 0 Å². The van der Waals surface area contributed by atoms with Crippen LogP contribution in [0.15, 0.2) is 82.8 Å². The summed E-state index contributed by atoms with van der Waals surface area (Å²) >= 11 is 1.36. The summed E-state index contributed by atoms with van der Waals surface area (Å²) < 4.78 is 43.4. The van der Waals surface area contributed by atoms with Crippen molar-refractivity contribution in [1.82, 2.24) is 15.6 Å². The molecule has 1 unspecified atom stereocenters. The number of rotatable bonds is 11. The first-order valence-electron chi connectivity index (χ1n) is 11.7. The van der Waals surface area contributed by atoms with Crippen LogP contribution in [0, 0.1) is 0 Å². The highest BCUT2D eigenvalue weighted by Gasteiger charge is 2.26. The van der Waals surface area contributed by atoms with Gasteiger partial charge in [0.1, 0.15) is 6.04 Å². The number of nitrogens with zero attached hydrogens (tertiary/aromatic N) is 1. The van der Waals surface area contributed by atoms with Crippen LogP contribution in [0.25, 0.3) is 10.8 Å². The maximum atomic E-state index is 13.5. The zero-order valence-corrected chi connectivity index (χ0v) is 22.4. The Balaban J connectivity index is 1.59. The third-order valence-electron chi connectivity index (χ3n) is 5.64. The molecule has 0 saturated heterocycles. The number of furan rings is 1. The van der Waals surface area contributed by atoms with Gasteiger partial charge < -0.3 is 19.8 Å². The number of nitrogens with one attached hydrogen (secondary N) is 3. The predicted octanol–water partition coefficient (Wildman–Crippen LogP) is 3.99. The number of methoxy groups -OCH3 is 1. The number of anilines is 1. The highest BCUT2D eigenvalue weighted by atomic mass is 32.2. The first-order valence-corrected chi connectivity index (χ1v) is 14.0. The van der Waals surface area contributed by atoms with Gasteiger partial charge in [-0.15, -0.1) is 11.3 Å². The van der Waals surface area contributed by atoms with E-state index in [1.165, 1.54) is 30.6 Å². The van der Waals surface area contributed by atoms with Crippen LogP contribution in [-0.4, -0.2) is 43.1 Å². The number of aromatic nitrogens is 1. The smallest absolute Gasteiger partial charge is 0.407 e. The van der Waals surface area contributed by atoms with E-state index in [-0.39, 0.29) is 12.1 Å². The van der Waals surface area contributed by atoms with Crippen LogP contribution in [0.3, 0.4) is 0 Å². The Labute approximate surface area is 229 Å². The van der Waals surface area contributed by atoms with Crippen molar-refractivity contribution in [2.45, 2.75) is 24.9 Å². The van der Waals surface area contributed by atoms with Crippen molar-refractivity contribution >= 4 is 39.3 Å². The molecule has 39 heavy (non-hydrogen) atoms. The number of thiazole rings is 1. The van der Waals surface area contributed by atoms with Crippen molar-refractivity contribution in [1.29, 1.82) is 0 Å². The molecule has 4 rings (SSSR count). The maximum Gasteiger partial charge on any atom is 0.407 e. The number of alkyl carbamates (subject to hydrolysis) is 1. The molecule has 0 bridgehead atoms. The average molecular weight is 571 g/mol. The van der Waals surface area contributed by atoms with Crippen LogP contribution in [0.4, 0.5) is 10.5 Å². The molecular weight excluding hydrogens is 544 g/mol. The molecule has 2 aromatic carbocycles. The van der Waals surface area contributed by atoms with E-state index in [0.717, 1.165) is 11.1 Å². The van der Waals surface area contributed by atoms with Crippen LogP contribution in [0.5, 0.6) is 0 Å². The maximum absolute atomic E-state index is 13.5. The second-order valence-corrected chi connectivity index (χ2v) is 10.5. The number of amides is 2. The molecule has 2 amide bonds. The fourth-order valence-corrected chi connectivity index (χ4v) is 5.09. The van der Waals surface area contributed by atoms with Crippen molar-refractivity contribution in [3.8, 4) is 10.8 Å². The largest absolute Gasteiger partial charge is 0.462 e. The Morgan fingerprint density at radius 1 is 1.00 bits per heavy atom. The standard InChI is InChI=1S/C26H26N4O7S2/c1-36-26(32)29-21(15-17-6-3-2-4-7-17)24(31)27-20(22-16-38-25(28-22)23-8-5-13-37-23)14-18-9-11-19(12-10-18)30-39(33,34)35/h2-13,16,20-21,30H,14-15H2,1H3,(H,27,31)(H,29,32)(H,33,34,35)/t20?,21-/m0/s1. The molecule has 0 fully saturated rings. The van der Waals surface area contributed by atoms with E-state index in [1.807, 2.05) is 40.4 Å². The molecule has 2 heterocycles. The van der Waals surface area contributed by atoms with E-state index in [4.69, 9.17) is 13.7 Å². The minimum absolute atomic E-state index is 0.181. The monoisotopic (exact) mass is 570 g/mol. The molecule has 204 valence electrons. The molecule has 0 aliphatic heterocycles. The van der Waals surface area contributed by atoms with Crippen molar-refractivity contribution < 1.29 is 31.7 Å². The minimum atomic E-state index is -4.41. The van der Waals surface area contributed by atoms with Crippen molar-refractivity contribution in [3.63, 3.8) is 0 Å². The van der Waals surface area contributed by atoms with Crippen molar-refractivity contribution in [3.05, 3.63) is 95.2 Å². The van der Waals surface area contributed by atoms with Crippen LogP contribution in [-0.2, 0) is 32.7 Å². The summed E-state index contributed by atoms with van der Waals surface area (Å²) in [6, 6.07) is 17.6. The third-order valence-corrected chi connectivity index (χ3v) is 7.01. The van der Waals surface area contributed by atoms with E-state index in [9.17, 15) is 18.0 Å². The lowest BCUT2D eigenvalue weighted by Crippen LogP contribution is -2.49. The van der Waals surface area contributed by atoms with Gasteiger partial charge in [0.15, 0.2) is 10.8 Å². The Morgan fingerprint density at radius 3 is 2.36 bits per heavy atom. The molecule has 0 aliphatic rings. The number of ether oxygens (including phenoxy) is 1. The van der Waals surface area contributed by atoms with Gasteiger partial charge in [-0.1, -0.05) is 42.5 Å². The van der Waals surface area contributed by atoms with Crippen molar-refractivity contribution in [2.75, 3.05) is 11.8 Å². The second kappa shape index (κ2) is 12.6. The molecule has 13 heteroatoms. The average Bonchev–Trinajstić information content (AvgIpc) is 3.61. The normalized spacial score (nSPS) is 12.8. The topological polar surface area (TPSA) is 160 Å². The van der Waals surface area contributed by atoms with Gasteiger partial charge in [-0.25, -0.2) is 9.78 Å². The summed E-state index contributed by atoms with van der Waals surface area (Å²) in [4.78, 5) is 30.2. The Bertz CT molecular complexity index is 1490. The van der Waals surface area contributed by atoms with Gasteiger partial charge in [-0.3, -0.25) is 14.1 Å². The fourth-order valence-electron chi connectivity index (χ4n) is 3.82. The first-order chi connectivity index (χ1) is 18.7. The number of carbonyl (C=O) groups is 2. The quantitative estimate of drug-likeness (QED) is 0.197. The molecule has 2 aromatic heterocycles. The lowest BCUT2D eigenvalue weighted by atomic mass is 10.0. The first kappa shape index (κ1) is 27.8. The molecule has 0 radical (unpaired) electrons. The summed E-state index contributed by atoms with van der Waals surface area (Å²) in [6.07, 6.45) is 1.34. The molecular formula is C26H26N4O7S2. The molecule has 0 aliphatic carbocycles. The molecule has 2 atom stereocenters. The predicted molar refractivity (Wildman–Crippen MR) is 145 cm³/mol. The van der Waals surface area contributed by atoms with E-state index in [2.05, 4.69) is 15.6 Å². The van der Waals surface area contributed by atoms with Crippen LogP contribution >= 0.6 is 11.3 Å². The lowest BCUT2D eigenvalue weighted by Gasteiger charge is -2.23. The highest BCUT2D eigenvalue weighted by molar-refractivity contribution is 7.87. The minimum Gasteiger partial charge on any atom is -0.462 e. The second-order valence-electron chi connectivity index (χ2n) is 8.47. The summed E-state index contributed by atoms with van der Waals surface area (Å²) in [7, 11) is -3.18. The fraction of sp³-hybridized carbons (Fsp3) is 0.192. The van der Waals surface area contributed by atoms with Crippen LogP contribution in [0.2, 0.25) is 0 Å². The molecule has 11 nitrogen and oxygen atoms in total. The third kappa shape index (κ3) is 8.14. The summed E-state index contributed by atoms with van der Waals surface area (Å²) in [5.74, 6) is 0.151. The summed E-state index contributed by atoms with van der Waals surface area (Å²) in [5.41, 5.74) is 2.37. The highest BCUT2D eigenvalue weighted by Crippen LogP contribution is 2.28. The Morgan fingerprint density at radius 2 is 1.72 bits per heavy atom. The number of benzene rings is 2. The SMILES string of the molecule is COC(=O)N[C@@H](Cc1ccccc1)C(=O)NC(Cc1ccc(NS(=O)(=O)O)cc1)c1csc(-c2ccco2)n1. The molecule has 0 spiro atoms. The van der Waals surface area contributed by atoms with Gasteiger partial charge in [0.25, 0.3) is 0 Å². The molecule has 4 aromatic rings. The van der Waals surface area contributed by atoms with E-state index in [0.29, 0.717) is 22.9 Å². The zero-order chi connectivity index (χ0) is 27.8. The van der Waals surface area contributed by atoms with E-state index in [1.54, 1.807) is 30.5 Å². The Kier molecular flexibility index (Phi) is 8.96. The molecule has 0 saturated carbocycles. The molecule has 4 N–H and O–H groups in total. The van der Waals surface area contributed by atoms with Gasteiger partial charge in [0.05, 0.1) is 30.8 Å². The van der Waals surface area contributed by atoms with Crippen molar-refractivity contribution in [2.24, 2.45) is 0 Å². The number of carbonyl (C=O) groups excluding carboxylic acids is 2. The van der Waals surface area contributed by atoms with E-state index < -0.39 is 34.4 Å². The lowest BCUT2D eigenvalue weighted by molar-refractivity contribution is -0.123. The zero-order valence-electron chi connectivity index (χ0n) is 20.7. The Hall–Kier alpha value is -4.20. The summed E-state index contributed by atoms with van der Waals surface area (Å²) in [5, 5.41) is 8.04.